The Morgan fingerprint density at radius 1 is 0.923 bits per heavy atom. The van der Waals surface area contributed by atoms with Gasteiger partial charge < -0.3 is 5.73 Å². The van der Waals surface area contributed by atoms with Crippen LogP contribution in [0.1, 0.15) is 0 Å². The van der Waals surface area contributed by atoms with Crippen LogP contribution >= 0.6 is 0 Å². The zero-order chi connectivity index (χ0) is 9.10. The molecule has 2 heterocycles. The lowest BCUT2D eigenvalue weighted by Crippen LogP contribution is -1.90. The molecule has 0 bridgehead atoms. The minimum Gasteiger partial charge on any atom is -0.397 e. The van der Waals surface area contributed by atoms with E-state index in [4.69, 9.17) is 5.73 Å². The number of rotatable bonds is 1. The minimum atomic E-state index is 0.646. The number of pyridine rings is 1. The lowest BCUT2D eigenvalue weighted by Gasteiger charge is -1.98. The van der Waals surface area contributed by atoms with E-state index in [1.165, 1.54) is 0 Å². The molecule has 0 saturated heterocycles. The van der Waals surface area contributed by atoms with Gasteiger partial charge in [0.15, 0.2) is 0 Å². The Kier molecular flexibility index (Phi) is 1.88. The molecule has 0 saturated carbocycles. The molecule has 0 aromatic carbocycles. The predicted molar refractivity (Wildman–Crippen MR) is 49.7 cm³/mol. The molecule has 13 heavy (non-hydrogen) atoms. The van der Waals surface area contributed by atoms with Crippen LogP contribution < -0.4 is 5.73 Å². The zero-order valence-electron chi connectivity index (χ0n) is 6.88. The Balaban J connectivity index is 2.42. The van der Waals surface area contributed by atoms with Crippen LogP contribution in [0.3, 0.4) is 0 Å². The highest BCUT2D eigenvalue weighted by Gasteiger charge is 1.98. The van der Waals surface area contributed by atoms with Gasteiger partial charge in [0.05, 0.1) is 23.8 Å². The second-order valence-electron chi connectivity index (χ2n) is 2.57. The van der Waals surface area contributed by atoms with E-state index in [-0.39, 0.29) is 0 Å². The maximum absolute atomic E-state index is 5.51. The Bertz CT molecular complexity index is 382. The second-order valence-corrected chi connectivity index (χ2v) is 2.57. The van der Waals surface area contributed by atoms with Crippen molar-refractivity contribution in [2.45, 2.75) is 0 Å². The third-order valence-electron chi connectivity index (χ3n) is 1.61. The van der Waals surface area contributed by atoms with Crippen molar-refractivity contribution < 1.29 is 0 Å². The van der Waals surface area contributed by atoms with E-state index >= 15 is 0 Å². The summed E-state index contributed by atoms with van der Waals surface area (Å²) in [5, 5.41) is 0. The summed E-state index contributed by atoms with van der Waals surface area (Å²) < 4.78 is 0. The molecule has 0 spiro atoms. The molecule has 0 unspecified atom stereocenters. The third-order valence-corrected chi connectivity index (χ3v) is 1.61. The van der Waals surface area contributed by atoms with Crippen LogP contribution in [0.25, 0.3) is 11.4 Å². The topological polar surface area (TPSA) is 64.7 Å². The molecule has 0 aliphatic rings. The Morgan fingerprint density at radius 3 is 2.46 bits per heavy atom. The smallest absolute Gasteiger partial charge is 0.107 e. The van der Waals surface area contributed by atoms with Gasteiger partial charge in [0.1, 0.15) is 5.69 Å². The largest absolute Gasteiger partial charge is 0.397 e. The molecule has 2 aromatic rings. The van der Waals surface area contributed by atoms with Crippen molar-refractivity contribution >= 4 is 5.69 Å². The molecule has 2 N–H and O–H groups in total. The van der Waals surface area contributed by atoms with Gasteiger partial charge in [-0.2, -0.15) is 0 Å². The standard InChI is InChI=1S/C9H8N4/c10-7-1-2-8(13-5-7)9-6-11-3-4-12-9/h1-6H,10H2. The molecule has 0 atom stereocenters. The van der Waals surface area contributed by atoms with Gasteiger partial charge in [-0.15, -0.1) is 0 Å². The molecule has 0 aliphatic carbocycles. The monoisotopic (exact) mass is 172 g/mol. The summed E-state index contributed by atoms with van der Waals surface area (Å²) in [5.74, 6) is 0. The lowest BCUT2D eigenvalue weighted by molar-refractivity contribution is 1.18. The highest BCUT2D eigenvalue weighted by molar-refractivity contribution is 5.54. The average molecular weight is 172 g/mol. The number of nitrogens with zero attached hydrogens (tertiary/aromatic N) is 3. The van der Waals surface area contributed by atoms with Crippen molar-refractivity contribution in [3.05, 3.63) is 36.9 Å². The highest BCUT2D eigenvalue weighted by atomic mass is 14.8. The molecule has 0 amide bonds. The summed E-state index contributed by atoms with van der Waals surface area (Å²) in [7, 11) is 0. The fourth-order valence-corrected chi connectivity index (χ4v) is 0.988. The average Bonchev–Trinajstić information content (AvgIpc) is 2.20. The van der Waals surface area contributed by atoms with Gasteiger partial charge in [0.25, 0.3) is 0 Å². The molecule has 0 radical (unpaired) electrons. The first-order valence-corrected chi connectivity index (χ1v) is 3.84. The SMILES string of the molecule is Nc1ccc(-c2cnccn2)nc1. The molecular weight excluding hydrogens is 164 g/mol. The number of nitrogens with two attached hydrogens (primary N) is 1. The molecular formula is C9H8N4. The van der Waals surface area contributed by atoms with E-state index in [2.05, 4.69) is 15.0 Å². The summed E-state index contributed by atoms with van der Waals surface area (Å²) in [5.41, 5.74) is 7.68. The van der Waals surface area contributed by atoms with Crippen LogP contribution in [-0.4, -0.2) is 15.0 Å². The molecule has 2 rings (SSSR count). The van der Waals surface area contributed by atoms with Crippen LogP contribution in [0, 0.1) is 0 Å². The quantitative estimate of drug-likeness (QED) is 0.700. The number of aromatic nitrogens is 3. The van der Waals surface area contributed by atoms with Crippen molar-refractivity contribution in [3.63, 3.8) is 0 Å². The Morgan fingerprint density at radius 2 is 1.85 bits per heavy atom. The maximum atomic E-state index is 5.51. The number of hydrogen-bond acceptors (Lipinski definition) is 4. The number of anilines is 1. The maximum Gasteiger partial charge on any atom is 0.107 e. The van der Waals surface area contributed by atoms with E-state index in [9.17, 15) is 0 Å². The lowest BCUT2D eigenvalue weighted by atomic mass is 10.3. The van der Waals surface area contributed by atoms with Gasteiger partial charge >= 0.3 is 0 Å². The minimum absolute atomic E-state index is 0.646. The first-order valence-electron chi connectivity index (χ1n) is 3.84. The molecule has 64 valence electrons. The van der Waals surface area contributed by atoms with Gasteiger partial charge in [0.2, 0.25) is 0 Å². The van der Waals surface area contributed by atoms with E-state index in [1.54, 1.807) is 30.9 Å². The highest BCUT2D eigenvalue weighted by Crippen LogP contribution is 2.12. The van der Waals surface area contributed by atoms with E-state index in [0.29, 0.717) is 5.69 Å². The van der Waals surface area contributed by atoms with Crippen LogP contribution in [0.5, 0.6) is 0 Å². The van der Waals surface area contributed by atoms with Crippen LogP contribution in [0.4, 0.5) is 5.69 Å². The predicted octanol–water partition coefficient (Wildman–Crippen LogP) is 1.12. The molecule has 4 heteroatoms. The van der Waals surface area contributed by atoms with Gasteiger partial charge in [0, 0.05) is 12.4 Å². The van der Waals surface area contributed by atoms with Crippen molar-refractivity contribution in [3.8, 4) is 11.4 Å². The van der Waals surface area contributed by atoms with E-state index < -0.39 is 0 Å². The fourth-order valence-electron chi connectivity index (χ4n) is 0.988. The summed E-state index contributed by atoms with van der Waals surface area (Å²) >= 11 is 0. The third kappa shape index (κ3) is 1.61. The van der Waals surface area contributed by atoms with Crippen molar-refractivity contribution in [2.75, 3.05) is 5.73 Å². The molecule has 2 aromatic heterocycles. The van der Waals surface area contributed by atoms with Crippen molar-refractivity contribution in [1.29, 1.82) is 0 Å². The van der Waals surface area contributed by atoms with E-state index in [0.717, 1.165) is 11.4 Å². The zero-order valence-corrected chi connectivity index (χ0v) is 6.88. The first-order chi connectivity index (χ1) is 6.36. The van der Waals surface area contributed by atoms with E-state index in [1.807, 2.05) is 6.07 Å². The second kappa shape index (κ2) is 3.18. The Labute approximate surface area is 75.5 Å². The number of nitrogen functional groups attached to an aromatic ring is 1. The molecule has 0 fully saturated rings. The van der Waals surface area contributed by atoms with Crippen LogP contribution in [-0.2, 0) is 0 Å². The molecule has 4 nitrogen and oxygen atoms in total. The summed E-state index contributed by atoms with van der Waals surface area (Å²) in [6.07, 6.45) is 6.52. The van der Waals surface area contributed by atoms with Crippen LogP contribution in [0.15, 0.2) is 36.9 Å². The van der Waals surface area contributed by atoms with Crippen LogP contribution in [0.2, 0.25) is 0 Å². The normalized spacial score (nSPS) is 9.85. The molecule has 0 aliphatic heterocycles. The van der Waals surface area contributed by atoms with Gasteiger partial charge in [-0.05, 0) is 12.1 Å². The summed E-state index contributed by atoms with van der Waals surface area (Å²) in [6, 6.07) is 3.61. The van der Waals surface area contributed by atoms with Crippen molar-refractivity contribution in [1.82, 2.24) is 15.0 Å². The van der Waals surface area contributed by atoms with Gasteiger partial charge in [-0.1, -0.05) is 0 Å². The first kappa shape index (κ1) is 7.67. The summed E-state index contributed by atoms with van der Waals surface area (Å²) in [6.45, 7) is 0. The number of hydrogen-bond donors (Lipinski definition) is 1. The summed E-state index contributed by atoms with van der Waals surface area (Å²) in [4.78, 5) is 12.2. The Hall–Kier alpha value is -1.97. The fraction of sp³-hybridized carbons (Fsp3) is 0. The van der Waals surface area contributed by atoms with Crippen molar-refractivity contribution in [2.24, 2.45) is 0 Å². The van der Waals surface area contributed by atoms with Gasteiger partial charge in [-0.3, -0.25) is 15.0 Å². The van der Waals surface area contributed by atoms with Gasteiger partial charge in [-0.25, -0.2) is 0 Å².